The van der Waals surface area contributed by atoms with Crippen LogP contribution in [0.3, 0.4) is 0 Å². The third-order valence-electron chi connectivity index (χ3n) is 3.73. The number of aryl methyl sites for hydroxylation is 1. The van der Waals surface area contributed by atoms with Gasteiger partial charge in [0, 0.05) is 20.0 Å². The van der Waals surface area contributed by atoms with Crippen molar-refractivity contribution in [3.63, 3.8) is 0 Å². The van der Waals surface area contributed by atoms with Crippen LogP contribution in [0.2, 0.25) is 0 Å². The van der Waals surface area contributed by atoms with Gasteiger partial charge in [0.2, 0.25) is 5.91 Å². The van der Waals surface area contributed by atoms with E-state index in [-0.39, 0.29) is 19.7 Å². The van der Waals surface area contributed by atoms with Gasteiger partial charge in [-0.25, -0.2) is 13.2 Å². The van der Waals surface area contributed by atoms with Crippen molar-refractivity contribution in [3.05, 3.63) is 59.4 Å². The van der Waals surface area contributed by atoms with Gasteiger partial charge in [0.1, 0.15) is 5.75 Å². The molecule has 2 aromatic carbocycles. The van der Waals surface area contributed by atoms with Crippen LogP contribution >= 0.6 is 0 Å². The number of carbonyl (C=O) groups excluding carboxylic acids is 2. The third kappa shape index (κ3) is 5.47. The molecule has 0 radical (unpaired) electrons. The maximum Gasteiger partial charge on any atom is 0.258 e. The number of halogens is 3. The molecule has 0 saturated heterocycles. The maximum atomic E-state index is 13.9. The number of benzene rings is 2. The molecule has 0 aromatic heterocycles. The van der Waals surface area contributed by atoms with E-state index in [9.17, 15) is 22.8 Å². The summed E-state index contributed by atoms with van der Waals surface area (Å²) in [5.41, 5.74) is 0.659. The summed E-state index contributed by atoms with van der Waals surface area (Å²) in [7, 11) is 0. The second-order valence-electron chi connectivity index (χ2n) is 5.82. The molecule has 5 nitrogen and oxygen atoms in total. The second-order valence-corrected chi connectivity index (χ2v) is 5.82. The van der Waals surface area contributed by atoms with Gasteiger partial charge in [-0.15, -0.1) is 0 Å². The molecule has 0 unspecified atom stereocenters. The molecule has 8 heteroatoms. The van der Waals surface area contributed by atoms with Crippen molar-refractivity contribution in [2.75, 3.05) is 24.6 Å². The molecule has 0 aliphatic rings. The zero-order valence-electron chi connectivity index (χ0n) is 14.9. The van der Waals surface area contributed by atoms with Crippen molar-refractivity contribution in [3.8, 4) is 5.75 Å². The molecule has 0 spiro atoms. The number of ether oxygens (including phenoxy) is 1. The molecule has 27 heavy (non-hydrogen) atoms. The van der Waals surface area contributed by atoms with Crippen LogP contribution in [0.4, 0.5) is 18.9 Å². The zero-order valence-corrected chi connectivity index (χ0v) is 14.9. The van der Waals surface area contributed by atoms with Crippen LogP contribution in [0.5, 0.6) is 5.75 Å². The molecule has 2 amide bonds. The Morgan fingerprint density at radius 2 is 1.70 bits per heavy atom. The molecule has 0 atom stereocenters. The molecule has 144 valence electrons. The SMILES string of the molecule is CC(=O)N(CCNC(=O)COc1ccc(C)cc1)c1ccc(F)c(F)c1F. The topological polar surface area (TPSA) is 58.6 Å². The average molecular weight is 380 g/mol. The minimum Gasteiger partial charge on any atom is -0.484 e. The van der Waals surface area contributed by atoms with Crippen LogP contribution < -0.4 is 15.0 Å². The van der Waals surface area contributed by atoms with E-state index in [1.165, 1.54) is 0 Å². The third-order valence-corrected chi connectivity index (χ3v) is 3.73. The number of hydrogen-bond acceptors (Lipinski definition) is 3. The molecule has 2 rings (SSSR count). The zero-order chi connectivity index (χ0) is 20.0. The predicted molar refractivity (Wildman–Crippen MR) is 94.0 cm³/mol. The van der Waals surface area contributed by atoms with Crippen LogP contribution in [-0.4, -0.2) is 31.5 Å². The number of anilines is 1. The number of amides is 2. The molecule has 1 N–H and O–H groups in total. The van der Waals surface area contributed by atoms with Crippen LogP contribution in [0.1, 0.15) is 12.5 Å². The molecular formula is C19H19F3N2O3. The van der Waals surface area contributed by atoms with Crippen LogP contribution in [0.25, 0.3) is 0 Å². The summed E-state index contributed by atoms with van der Waals surface area (Å²) in [6.45, 7) is 2.71. The van der Waals surface area contributed by atoms with Gasteiger partial charge >= 0.3 is 0 Å². The Bertz CT molecular complexity index is 826. The first-order valence-electron chi connectivity index (χ1n) is 8.17. The predicted octanol–water partition coefficient (Wildman–Crippen LogP) is 2.96. The summed E-state index contributed by atoms with van der Waals surface area (Å²) in [6, 6.07) is 8.84. The van der Waals surface area contributed by atoms with Gasteiger partial charge < -0.3 is 15.0 Å². The molecule has 0 saturated carbocycles. The van der Waals surface area contributed by atoms with Crippen molar-refractivity contribution in [1.29, 1.82) is 0 Å². The molecule has 0 bridgehead atoms. The Labute approximate surface area is 154 Å². The Morgan fingerprint density at radius 3 is 2.33 bits per heavy atom. The van der Waals surface area contributed by atoms with Crippen molar-refractivity contribution in [1.82, 2.24) is 5.32 Å². The van der Waals surface area contributed by atoms with Gasteiger partial charge in [-0.05, 0) is 31.2 Å². The fourth-order valence-corrected chi connectivity index (χ4v) is 2.31. The van der Waals surface area contributed by atoms with E-state index in [4.69, 9.17) is 4.74 Å². The van der Waals surface area contributed by atoms with Crippen LogP contribution in [-0.2, 0) is 9.59 Å². The summed E-state index contributed by atoms with van der Waals surface area (Å²) >= 11 is 0. The van der Waals surface area contributed by atoms with Gasteiger partial charge in [0.25, 0.3) is 5.91 Å². The van der Waals surface area contributed by atoms with Gasteiger partial charge in [-0.2, -0.15) is 0 Å². The van der Waals surface area contributed by atoms with E-state index in [1.807, 2.05) is 19.1 Å². The average Bonchev–Trinajstić information content (AvgIpc) is 2.63. The van der Waals surface area contributed by atoms with Crippen molar-refractivity contribution in [2.24, 2.45) is 0 Å². The fourth-order valence-electron chi connectivity index (χ4n) is 2.31. The number of rotatable bonds is 7. The van der Waals surface area contributed by atoms with E-state index < -0.39 is 35.0 Å². The second kappa shape index (κ2) is 9.07. The van der Waals surface area contributed by atoms with Gasteiger partial charge in [-0.1, -0.05) is 17.7 Å². The first-order valence-corrected chi connectivity index (χ1v) is 8.17. The van der Waals surface area contributed by atoms with Crippen molar-refractivity contribution in [2.45, 2.75) is 13.8 Å². The minimum absolute atomic E-state index is 0.0197. The molecule has 0 fully saturated rings. The lowest BCUT2D eigenvalue weighted by Crippen LogP contribution is -2.39. The molecule has 2 aromatic rings. The Kier molecular flexibility index (Phi) is 6.81. The van der Waals surface area contributed by atoms with Gasteiger partial charge in [-0.3, -0.25) is 9.59 Å². The fraction of sp³-hybridized carbons (Fsp3) is 0.263. The molecule has 0 aliphatic carbocycles. The van der Waals surface area contributed by atoms with Crippen molar-refractivity contribution < 1.29 is 27.5 Å². The number of hydrogen-bond donors (Lipinski definition) is 1. The lowest BCUT2D eigenvalue weighted by Gasteiger charge is -2.22. The standard InChI is InChI=1S/C19H19F3N2O3/c1-12-3-5-14(6-4-12)27-11-17(26)23-9-10-24(13(2)25)16-8-7-15(20)18(21)19(16)22/h3-8H,9-11H2,1-2H3,(H,23,26). The summed E-state index contributed by atoms with van der Waals surface area (Å²) in [5.74, 6) is -4.95. The number of carbonyl (C=O) groups is 2. The normalized spacial score (nSPS) is 10.4. The van der Waals surface area contributed by atoms with Gasteiger partial charge in [0.05, 0.1) is 5.69 Å². The Morgan fingerprint density at radius 1 is 1.04 bits per heavy atom. The van der Waals surface area contributed by atoms with E-state index >= 15 is 0 Å². The molecular weight excluding hydrogens is 361 g/mol. The smallest absolute Gasteiger partial charge is 0.258 e. The Balaban J connectivity index is 1.89. The highest BCUT2D eigenvalue weighted by molar-refractivity contribution is 5.91. The van der Waals surface area contributed by atoms with E-state index in [2.05, 4.69) is 5.32 Å². The number of nitrogens with one attached hydrogen (secondary N) is 1. The largest absolute Gasteiger partial charge is 0.484 e. The lowest BCUT2D eigenvalue weighted by molar-refractivity contribution is -0.123. The Hall–Kier alpha value is -3.03. The van der Waals surface area contributed by atoms with E-state index in [1.54, 1.807) is 12.1 Å². The van der Waals surface area contributed by atoms with Crippen LogP contribution in [0.15, 0.2) is 36.4 Å². The minimum atomic E-state index is -1.66. The molecule has 0 aliphatic heterocycles. The quantitative estimate of drug-likeness (QED) is 0.752. The summed E-state index contributed by atoms with van der Waals surface area (Å²) < 4.78 is 45.6. The number of nitrogens with zero attached hydrogens (tertiary/aromatic N) is 1. The van der Waals surface area contributed by atoms with Crippen molar-refractivity contribution >= 4 is 17.5 Å². The lowest BCUT2D eigenvalue weighted by atomic mass is 10.2. The first kappa shape index (κ1) is 20.3. The summed E-state index contributed by atoms with van der Waals surface area (Å²) in [6.07, 6.45) is 0. The van der Waals surface area contributed by atoms with Crippen LogP contribution in [0, 0.1) is 24.4 Å². The summed E-state index contributed by atoms with van der Waals surface area (Å²) in [5, 5.41) is 2.52. The summed E-state index contributed by atoms with van der Waals surface area (Å²) in [4.78, 5) is 24.4. The van der Waals surface area contributed by atoms with Gasteiger partial charge in [0.15, 0.2) is 24.1 Å². The first-order chi connectivity index (χ1) is 12.8. The monoisotopic (exact) mass is 380 g/mol. The van der Waals surface area contributed by atoms with E-state index in [0.29, 0.717) is 5.75 Å². The van der Waals surface area contributed by atoms with E-state index in [0.717, 1.165) is 29.5 Å². The highest BCUT2D eigenvalue weighted by Gasteiger charge is 2.21. The highest BCUT2D eigenvalue weighted by Crippen LogP contribution is 2.23. The maximum absolute atomic E-state index is 13.9. The highest BCUT2D eigenvalue weighted by atomic mass is 19.2. The molecule has 0 heterocycles.